The number of piperidine rings is 1. The van der Waals surface area contributed by atoms with Gasteiger partial charge in [0.1, 0.15) is 0 Å². The van der Waals surface area contributed by atoms with Gasteiger partial charge in [0.25, 0.3) is 0 Å². The molecule has 1 aliphatic rings. The van der Waals surface area contributed by atoms with Crippen LogP contribution in [0.3, 0.4) is 0 Å². The Morgan fingerprint density at radius 1 is 1.44 bits per heavy atom. The highest BCUT2D eigenvalue weighted by Crippen LogP contribution is 2.22. The maximum Gasteiger partial charge on any atom is 0.237 e. The molecule has 0 bridgehead atoms. The monoisotopic (exact) mass is 266 g/mol. The van der Waals surface area contributed by atoms with Gasteiger partial charge >= 0.3 is 0 Å². The molecule has 18 heavy (non-hydrogen) atoms. The van der Waals surface area contributed by atoms with E-state index in [2.05, 4.69) is 10.6 Å². The Bertz CT molecular complexity index is 416. The van der Waals surface area contributed by atoms with Crippen molar-refractivity contribution in [3.05, 3.63) is 34.9 Å². The van der Waals surface area contributed by atoms with Gasteiger partial charge in [0.15, 0.2) is 0 Å². The van der Waals surface area contributed by atoms with E-state index >= 15 is 0 Å². The third kappa shape index (κ3) is 3.24. The van der Waals surface area contributed by atoms with E-state index < -0.39 is 0 Å². The number of hydrogen-bond acceptors (Lipinski definition) is 2. The molecular weight excluding hydrogens is 248 g/mol. The molecule has 1 saturated heterocycles. The van der Waals surface area contributed by atoms with Gasteiger partial charge < -0.3 is 10.6 Å². The quantitative estimate of drug-likeness (QED) is 0.883. The lowest BCUT2D eigenvalue weighted by atomic mass is 10.0. The van der Waals surface area contributed by atoms with E-state index in [4.69, 9.17) is 11.6 Å². The summed E-state index contributed by atoms with van der Waals surface area (Å²) in [6.45, 7) is 2.89. The number of nitrogens with one attached hydrogen (secondary N) is 2. The van der Waals surface area contributed by atoms with Crippen LogP contribution in [0, 0.1) is 0 Å². The summed E-state index contributed by atoms with van der Waals surface area (Å²) in [5.74, 6) is 0.0714. The summed E-state index contributed by atoms with van der Waals surface area (Å²) in [4.78, 5) is 12.1. The molecule has 3 nitrogen and oxygen atoms in total. The van der Waals surface area contributed by atoms with Gasteiger partial charge in [-0.25, -0.2) is 0 Å². The molecule has 0 aliphatic carbocycles. The van der Waals surface area contributed by atoms with Gasteiger partial charge in [0.05, 0.1) is 12.1 Å². The highest BCUT2D eigenvalue weighted by Gasteiger charge is 2.22. The predicted molar refractivity (Wildman–Crippen MR) is 73.7 cm³/mol. The molecule has 0 radical (unpaired) electrons. The van der Waals surface area contributed by atoms with Crippen molar-refractivity contribution in [2.24, 2.45) is 0 Å². The molecule has 1 unspecified atom stereocenters. The Hall–Kier alpha value is -1.06. The van der Waals surface area contributed by atoms with Gasteiger partial charge in [0.2, 0.25) is 5.91 Å². The maximum atomic E-state index is 12.1. The van der Waals surface area contributed by atoms with Crippen molar-refractivity contribution >= 4 is 17.5 Å². The standard InChI is InChI=1S/C14H19ClN2O/c1-10(11-6-2-3-7-12(11)15)17-14(18)13-8-4-5-9-16-13/h2-3,6-7,10,13,16H,4-5,8-9H2,1H3,(H,17,18)/t10?,13-/m1/s1. The maximum absolute atomic E-state index is 12.1. The molecule has 1 heterocycles. The third-order valence-electron chi connectivity index (χ3n) is 3.36. The number of halogens is 1. The van der Waals surface area contributed by atoms with Gasteiger partial charge in [-0.05, 0) is 37.9 Å². The Balaban J connectivity index is 1.96. The zero-order chi connectivity index (χ0) is 13.0. The highest BCUT2D eigenvalue weighted by molar-refractivity contribution is 6.31. The summed E-state index contributed by atoms with van der Waals surface area (Å²) in [7, 11) is 0. The van der Waals surface area contributed by atoms with Crippen molar-refractivity contribution < 1.29 is 4.79 Å². The topological polar surface area (TPSA) is 41.1 Å². The summed E-state index contributed by atoms with van der Waals surface area (Å²) in [6.07, 6.45) is 3.19. The fourth-order valence-electron chi connectivity index (χ4n) is 2.29. The van der Waals surface area contributed by atoms with Crippen molar-refractivity contribution in [3.63, 3.8) is 0 Å². The van der Waals surface area contributed by atoms with Crippen LogP contribution >= 0.6 is 11.6 Å². The summed E-state index contributed by atoms with van der Waals surface area (Å²) in [5.41, 5.74) is 0.961. The van der Waals surface area contributed by atoms with Gasteiger partial charge in [0, 0.05) is 5.02 Å². The first kappa shape index (κ1) is 13.4. The minimum atomic E-state index is -0.0603. The van der Waals surface area contributed by atoms with E-state index in [1.54, 1.807) is 0 Å². The fraction of sp³-hybridized carbons (Fsp3) is 0.500. The molecule has 1 amide bonds. The molecule has 2 N–H and O–H groups in total. The molecule has 0 saturated carbocycles. The van der Waals surface area contributed by atoms with Crippen LogP contribution in [0.1, 0.15) is 37.8 Å². The van der Waals surface area contributed by atoms with Gasteiger partial charge in [-0.1, -0.05) is 36.2 Å². The largest absolute Gasteiger partial charge is 0.348 e. The minimum absolute atomic E-state index is 0.0521. The van der Waals surface area contributed by atoms with Gasteiger partial charge in [-0.15, -0.1) is 0 Å². The van der Waals surface area contributed by atoms with Crippen molar-refractivity contribution in [3.8, 4) is 0 Å². The van der Waals surface area contributed by atoms with E-state index in [1.807, 2.05) is 31.2 Å². The summed E-state index contributed by atoms with van der Waals surface area (Å²) >= 11 is 6.12. The Morgan fingerprint density at radius 3 is 2.89 bits per heavy atom. The summed E-state index contributed by atoms with van der Waals surface area (Å²) in [5, 5.41) is 6.96. The molecule has 4 heteroatoms. The highest BCUT2D eigenvalue weighted by atomic mass is 35.5. The lowest BCUT2D eigenvalue weighted by Crippen LogP contribution is -2.47. The van der Waals surface area contributed by atoms with Crippen LogP contribution in [-0.2, 0) is 4.79 Å². The summed E-state index contributed by atoms with van der Waals surface area (Å²) < 4.78 is 0. The van der Waals surface area contributed by atoms with E-state index in [1.165, 1.54) is 0 Å². The van der Waals surface area contributed by atoms with Crippen LogP contribution in [0.4, 0.5) is 0 Å². The number of amides is 1. The zero-order valence-electron chi connectivity index (χ0n) is 10.6. The second kappa shape index (κ2) is 6.21. The lowest BCUT2D eigenvalue weighted by Gasteiger charge is -2.25. The second-order valence-electron chi connectivity index (χ2n) is 4.75. The van der Waals surface area contributed by atoms with Crippen molar-refractivity contribution in [1.29, 1.82) is 0 Å². The first-order chi connectivity index (χ1) is 8.68. The van der Waals surface area contributed by atoms with Gasteiger partial charge in [-0.2, -0.15) is 0 Å². The number of rotatable bonds is 3. The smallest absolute Gasteiger partial charge is 0.237 e. The first-order valence-corrected chi connectivity index (χ1v) is 6.84. The van der Waals surface area contributed by atoms with Crippen LogP contribution < -0.4 is 10.6 Å². The first-order valence-electron chi connectivity index (χ1n) is 6.46. The van der Waals surface area contributed by atoms with Crippen molar-refractivity contribution in [2.45, 2.75) is 38.3 Å². The van der Waals surface area contributed by atoms with E-state index in [-0.39, 0.29) is 18.0 Å². The molecular formula is C14H19ClN2O. The molecule has 1 aliphatic heterocycles. The van der Waals surface area contributed by atoms with Crippen LogP contribution in [0.25, 0.3) is 0 Å². The van der Waals surface area contributed by atoms with Crippen molar-refractivity contribution in [2.75, 3.05) is 6.54 Å². The third-order valence-corrected chi connectivity index (χ3v) is 3.70. The van der Waals surface area contributed by atoms with Crippen LogP contribution in [0.5, 0.6) is 0 Å². The number of carbonyl (C=O) groups is 1. The minimum Gasteiger partial charge on any atom is -0.348 e. The average Bonchev–Trinajstić information content (AvgIpc) is 2.40. The van der Waals surface area contributed by atoms with Crippen LogP contribution in [0.2, 0.25) is 5.02 Å². The zero-order valence-corrected chi connectivity index (χ0v) is 11.3. The lowest BCUT2D eigenvalue weighted by molar-refractivity contribution is -0.124. The van der Waals surface area contributed by atoms with E-state index in [9.17, 15) is 4.79 Å². The molecule has 1 aromatic rings. The molecule has 2 rings (SSSR count). The summed E-state index contributed by atoms with van der Waals surface area (Å²) in [6, 6.07) is 7.50. The molecule has 1 fully saturated rings. The normalized spacial score (nSPS) is 21.3. The van der Waals surface area contributed by atoms with Gasteiger partial charge in [-0.3, -0.25) is 4.79 Å². The second-order valence-corrected chi connectivity index (χ2v) is 5.16. The predicted octanol–water partition coefficient (Wildman–Crippen LogP) is 2.66. The molecule has 2 atom stereocenters. The SMILES string of the molecule is CC(NC(=O)[C@H]1CCCCN1)c1ccccc1Cl. The average molecular weight is 267 g/mol. The van der Waals surface area contributed by atoms with Crippen molar-refractivity contribution in [1.82, 2.24) is 10.6 Å². The Morgan fingerprint density at radius 2 is 2.22 bits per heavy atom. The number of benzene rings is 1. The number of carbonyl (C=O) groups excluding carboxylic acids is 1. The van der Waals surface area contributed by atoms with Crippen LogP contribution in [0.15, 0.2) is 24.3 Å². The molecule has 1 aromatic carbocycles. The fourth-order valence-corrected chi connectivity index (χ4v) is 2.59. The molecule has 0 spiro atoms. The molecule has 98 valence electrons. The number of hydrogen-bond donors (Lipinski definition) is 2. The van der Waals surface area contributed by atoms with E-state index in [0.717, 1.165) is 31.4 Å². The van der Waals surface area contributed by atoms with E-state index in [0.29, 0.717) is 5.02 Å². The Kier molecular flexibility index (Phi) is 4.61. The van der Waals surface area contributed by atoms with Crippen LogP contribution in [-0.4, -0.2) is 18.5 Å². The Labute approximate surface area is 113 Å². The molecule has 0 aromatic heterocycles.